The largest absolute Gasteiger partial charge is 0.323 e. The van der Waals surface area contributed by atoms with Crippen LogP contribution in [0.15, 0.2) is 109 Å². The lowest BCUT2D eigenvalue weighted by atomic mass is 10.0. The third kappa shape index (κ3) is 5.09. The zero-order valence-corrected chi connectivity index (χ0v) is 20.7. The Balaban J connectivity index is 1.38. The summed E-state index contributed by atoms with van der Waals surface area (Å²) in [7, 11) is 0. The Morgan fingerprint density at radius 1 is 0.757 bits per heavy atom. The molecular formula is C32H29FN4. The van der Waals surface area contributed by atoms with Crippen molar-refractivity contribution in [3.05, 3.63) is 132 Å². The van der Waals surface area contributed by atoms with E-state index >= 15 is 0 Å². The van der Waals surface area contributed by atoms with Gasteiger partial charge in [0, 0.05) is 55.6 Å². The van der Waals surface area contributed by atoms with Gasteiger partial charge in [0.2, 0.25) is 0 Å². The lowest BCUT2D eigenvalue weighted by molar-refractivity contribution is 0.218. The minimum Gasteiger partial charge on any atom is -0.323 e. The highest BCUT2D eigenvalue weighted by Crippen LogP contribution is 2.40. The Kier molecular flexibility index (Phi) is 6.61. The monoisotopic (exact) mass is 488 g/mol. The SMILES string of the molecule is Fc1ccc(-c2nc3n(c2-c2ccncc2)C(CN(Cc2ccccc2)Cc2ccccc2)CC3)cc1. The molecule has 3 heterocycles. The van der Waals surface area contributed by atoms with Crippen molar-refractivity contribution in [2.75, 3.05) is 6.54 Å². The number of imidazole rings is 1. The van der Waals surface area contributed by atoms with Crippen LogP contribution in [0.1, 0.15) is 29.4 Å². The van der Waals surface area contributed by atoms with Crippen molar-refractivity contribution in [1.29, 1.82) is 0 Å². The first-order valence-corrected chi connectivity index (χ1v) is 12.8. The van der Waals surface area contributed by atoms with Crippen LogP contribution < -0.4 is 0 Å². The van der Waals surface area contributed by atoms with Gasteiger partial charge in [0.05, 0.1) is 11.4 Å². The fourth-order valence-corrected chi connectivity index (χ4v) is 5.41. The quantitative estimate of drug-likeness (QED) is 0.237. The van der Waals surface area contributed by atoms with Gasteiger partial charge in [-0.25, -0.2) is 9.37 Å². The molecule has 0 saturated carbocycles. The smallest absolute Gasteiger partial charge is 0.123 e. The van der Waals surface area contributed by atoms with Crippen LogP contribution in [-0.2, 0) is 19.5 Å². The molecule has 0 bridgehead atoms. The van der Waals surface area contributed by atoms with Crippen LogP contribution in [0.4, 0.5) is 4.39 Å². The molecule has 0 aliphatic carbocycles. The molecule has 1 aliphatic heterocycles. The first-order chi connectivity index (χ1) is 18.2. The first-order valence-electron chi connectivity index (χ1n) is 12.8. The van der Waals surface area contributed by atoms with E-state index in [1.165, 1.54) is 23.3 Å². The van der Waals surface area contributed by atoms with Gasteiger partial charge in [-0.05, 0) is 53.9 Å². The Hall–Kier alpha value is -4.09. The maximum absolute atomic E-state index is 13.7. The molecule has 4 nitrogen and oxygen atoms in total. The summed E-state index contributed by atoms with van der Waals surface area (Å²) in [5, 5.41) is 0. The van der Waals surface area contributed by atoms with Gasteiger partial charge in [0.1, 0.15) is 11.6 Å². The molecule has 0 fully saturated rings. The second-order valence-corrected chi connectivity index (χ2v) is 9.67. The summed E-state index contributed by atoms with van der Waals surface area (Å²) in [4.78, 5) is 11.9. The van der Waals surface area contributed by atoms with Crippen LogP contribution in [-0.4, -0.2) is 26.0 Å². The standard InChI is InChI=1S/C32H29FN4/c33-28-13-11-26(12-14-28)31-32(27-17-19-34-20-18-27)37-29(15-16-30(37)35-31)23-36(21-24-7-3-1-4-8-24)22-25-9-5-2-6-10-25/h1-14,17-20,29H,15-16,21-23H2. The number of rotatable bonds is 8. The second kappa shape index (κ2) is 10.5. The minimum absolute atomic E-state index is 0.240. The zero-order valence-electron chi connectivity index (χ0n) is 20.7. The lowest BCUT2D eigenvalue weighted by Crippen LogP contribution is -2.29. The van der Waals surface area contributed by atoms with E-state index in [4.69, 9.17) is 4.98 Å². The molecular weight excluding hydrogens is 459 g/mol. The van der Waals surface area contributed by atoms with Crippen molar-refractivity contribution >= 4 is 0 Å². The summed E-state index contributed by atoms with van der Waals surface area (Å²) in [6.45, 7) is 2.67. The number of nitrogens with zero attached hydrogens (tertiary/aromatic N) is 4. The number of hydrogen-bond donors (Lipinski definition) is 0. The number of pyridine rings is 1. The average molecular weight is 489 g/mol. The maximum atomic E-state index is 13.7. The van der Waals surface area contributed by atoms with E-state index in [9.17, 15) is 4.39 Å². The molecule has 184 valence electrons. The molecule has 1 atom stereocenters. The van der Waals surface area contributed by atoms with Gasteiger partial charge in [-0.1, -0.05) is 60.7 Å². The van der Waals surface area contributed by atoms with Crippen molar-refractivity contribution in [3.63, 3.8) is 0 Å². The molecule has 3 aromatic carbocycles. The van der Waals surface area contributed by atoms with Gasteiger partial charge >= 0.3 is 0 Å². The highest BCUT2D eigenvalue weighted by Gasteiger charge is 2.31. The molecule has 5 heteroatoms. The third-order valence-corrected chi connectivity index (χ3v) is 7.09. The van der Waals surface area contributed by atoms with Crippen LogP contribution in [0.3, 0.4) is 0 Å². The number of benzene rings is 3. The predicted octanol–water partition coefficient (Wildman–Crippen LogP) is 6.94. The number of fused-ring (bicyclic) bond motifs is 1. The predicted molar refractivity (Wildman–Crippen MR) is 145 cm³/mol. The molecule has 0 spiro atoms. The van der Waals surface area contributed by atoms with E-state index in [-0.39, 0.29) is 11.9 Å². The van der Waals surface area contributed by atoms with E-state index in [2.05, 4.69) is 75.1 Å². The molecule has 2 aromatic heterocycles. The molecule has 6 rings (SSSR count). The highest BCUT2D eigenvalue weighted by molar-refractivity contribution is 5.79. The average Bonchev–Trinajstić information content (AvgIpc) is 3.51. The molecule has 0 saturated heterocycles. The van der Waals surface area contributed by atoms with Crippen LogP contribution in [0, 0.1) is 5.82 Å². The molecule has 0 amide bonds. The van der Waals surface area contributed by atoms with Crippen molar-refractivity contribution in [2.45, 2.75) is 32.0 Å². The summed E-state index contributed by atoms with van der Waals surface area (Å²) in [6.07, 6.45) is 5.62. The minimum atomic E-state index is -0.240. The maximum Gasteiger partial charge on any atom is 0.123 e. The number of halogens is 1. The van der Waals surface area contributed by atoms with E-state index in [0.717, 1.165) is 60.8 Å². The topological polar surface area (TPSA) is 34.0 Å². The fraction of sp³-hybridized carbons (Fsp3) is 0.188. The van der Waals surface area contributed by atoms with Crippen LogP contribution in [0.5, 0.6) is 0 Å². The fourth-order valence-electron chi connectivity index (χ4n) is 5.41. The number of aromatic nitrogens is 3. The Bertz CT molecular complexity index is 1410. The Morgan fingerprint density at radius 3 is 2.00 bits per heavy atom. The molecule has 0 radical (unpaired) electrons. The van der Waals surface area contributed by atoms with E-state index in [0.29, 0.717) is 0 Å². The number of aryl methyl sites for hydroxylation is 1. The summed E-state index contributed by atoms with van der Waals surface area (Å²) in [5.41, 5.74) is 6.62. The van der Waals surface area contributed by atoms with E-state index in [1.54, 1.807) is 0 Å². The summed E-state index contributed by atoms with van der Waals surface area (Å²) >= 11 is 0. The van der Waals surface area contributed by atoms with Gasteiger partial charge < -0.3 is 4.57 Å². The van der Waals surface area contributed by atoms with Crippen LogP contribution in [0.2, 0.25) is 0 Å². The summed E-state index contributed by atoms with van der Waals surface area (Å²) in [6, 6.07) is 32.4. The molecule has 37 heavy (non-hydrogen) atoms. The lowest BCUT2D eigenvalue weighted by Gasteiger charge is -2.28. The number of hydrogen-bond acceptors (Lipinski definition) is 3. The van der Waals surface area contributed by atoms with E-state index < -0.39 is 0 Å². The van der Waals surface area contributed by atoms with Crippen LogP contribution >= 0.6 is 0 Å². The van der Waals surface area contributed by atoms with Crippen molar-refractivity contribution in [3.8, 4) is 22.5 Å². The zero-order chi connectivity index (χ0) is 25.0. The third-order valence-electron chi connectivity index (χ3n) is 7.09. The van der Waals surface area contributed by atoms with Gasteiger partial charge in [-0.2, -0.15) is 0 Å². The van der Waals surface area contributed by atoms with Gasteiger partial charge in [-0.15, -0.1) is 0 Å². The van der Waals surface area contributed by atoms with E-state index in [1.807, 2.05) is 36.7 Å². The summed E-state index contributed by atoms with van der Waals surface area (Å²) in [5.74, 6) is 0.854. The van der Waals surface area contributed by atoms with Crippen molar-refractivity contribution in [2.24, 2.45) is 0 Å². The highest BCUT2D eigenvalue weighted by atomic mass is 19.1. The summed E-state index contributed by atoms with van der Waals surface area (Å²) < 4.78 is 16.1. The van der Waals surface area contributed by atoms with Crippen molar-refractivity contribution < 1.29 is 4.39 Å². The Morgan fingerprint density at radius 2 is 1.38 bits per heavy atom. The van der Waals surface area contributed by atoms with Crippen LogP contribution in [0.25, 0.3) is 22.5 Å². The van der Waals surface area contributed by atoms with Crippen molar-refractivity contribution in [1.82, 2.24) is 19.4 Å². The second-order valence-electron chi connectivity index (χ2n) is 9.67. The molecule has 5 aromatic rings. The normalized spacial score (nSPS) is 14.7. The first kappa shape index (κ1) is 23.3. The molecule has 0 N–H and O–H groups in total. The van der Waals surface area contributed by atoms with Gasteiger partial charge in [-0.3, -0.25) is 9.88 Å². The Labute approximate surface area is 217 Å². The molecule has 1 unspecified atom stereocenters. The van der Waals surface area contributed by atoms with Gasteiger partial charge in [0.25, 0.3) is 0 Å². The van der Waals surface area contributed by atoms with Gasteiger partial charge in [0.15, 0.2) is 0 Å². The molecule has 1 aliphatic rings.